The molecule has 0 saturated carbocycles. The number of carbonyl (C=O) groups is 1. The molecule has 4 nitrogen and oxygen atoms in total. The van der Waals surface area contributed by atoms with Crippen molar-refractivity contribution in [2.75, 3.05) is 0 Å². The summed E-state index contributed by atoms with van der Waals surface area (Å²) in [5.41, 5.74) is 0. The van der Waals surface area contributed by atoms with Crippen molar-refractivity contribution in [3.8, 4) is 0 Å². The van der Waals surface area contributed by atoms with Crippen LogP contribution in [0.2, 0.25) is 0 Å². The zero-order valence-electron chi connectivity index (χ0n) is 9.51. The predicted molar refractivity (Wildman–Crippen MR) is 74.8 cm³/mol. The summed E-state index contributed by atoms with van der Waals surface area (Å²) in [5, 5.41) is 1.66. The van der Waals surface area contributed by atoms with Crippen LogP contribution in [0, 0.1) is 0 Å². The largest absolute Gasteiger partial charge is 0.271 e. The van der Waals surface area contributed by atoms with Crippen molar-refractivity contribution < 1.29 is 13.2 Å². The van der Waals surface area contributed by atoms with E-state index in [9.17, 15) is 13.2 Å². The SMILES string of the molecule is O=C(NS(=O)(=O)c1ccc2ccccc2c1)C(Cl)Cl. The maximum atomic E-state index is 11.9. The van der Waals surface area contributed by atoms with Gasteiger partial charge in [-0.3, -0.25) is 4.79 Å². The van der Waals surface area contributed by atoms with E-state index in [0.717, 1.165) is 10.8 Å². The van der Waals surface area contributed by atoms with E-state index in [2.05, 4.69) is 0 Å². The minimum atomic E-state index is -3.96. The molecule has 0 spiro atoms. The number of sulfonamides is 1. The quantitative estimate of drug-likeness (QED) is 0.884. The van der Waals surface area contributed by atoms with Gasteiger partial charge in [0, 0.05) is 0 Å². The van der Waals surface area contributed by atoms with Gasteiger partial charge in [-0.2, -0.15) is 0 Å². The van der Waals surface area contributed by atoms with Crippen LogP contribution < -0.4 is 4.72 Å². The van der Waals surface area contributed by atoms with Crippen LogP contribution in [-0.2, 0) is 14.8 Å². The van der Waals surface area contributed by atoms with Gasteiger partial charge in [0.1, 0.15) is 0 Å². The molecule has 0 aliphatic carbocycles. The third kappa shape index (κ3) is 3.18. The number of halogens is 2. The molecular weight excluding hydrogens is 309 g/mol. The molecule has 0 fully saturated rings. The second kappa shape index (κ2) is 5.36. The molecule has 100 valence electrons. The molecule has 7 heteroatoms. The van der Waals surface area contributed by atoms with Gasteiger partial charge in [0.05, 0.1) is 4.90 Å². The summed E-state index contributed by atoms with van der Waals surface area (Å²) in [6, 6.07) is 11.8. The van der Waals surface area contributed by atoms with Crippen molar-refractivity contribution in [2.45, 2.75) is 9.73 Å². The van der Waals surface area contributed by atoms with E-state index in [0.29, 0.717) is 0 Å². The van der Waals surface area contributed by atoms with E-state index in [4.69, 9.17) is 23.2 Å². The second-order valence-corrected chi connectivity index (χ2v) is 6.56. The third-order valence-electron chi connectivity index (χ3n) is 2.46. The maximum absolute atomic E-state index is 11.9. The Labute approximate surface area is 120 Å². The average Bonchev–Trinajstić information content (AvgIpc) is 2.37. The van der Waals surface area contributed by atoms with Gasteiger partial charge in [-0.1, -0.05) is 53.5 Å². The molecule has 0 saturated heterocycles. The first-order valence-corrected chi connectivity index (χ1v) is 7.59. The number of amides is 1. The van der Waals surface area contributed by atoms with Crippen LogP contribution in [0.1, 0.15) is 0 Å². The van der Waals surface area contributed by atoms with Crippen molar-refractivity contribution in [3.63, 3.8) is 0 Å². The first-order chi connectivity index (χ1) is 8.90. The van der Waals surface area contributed by atoms with E-state index in [-0.39, 0.29) is 4.90 Å². The van der Waals surface area contributed by atoms with Gasteiger partial charge in [0.2, 0.25) is 0 Å². The zero-order chi connectivity index (χ0) is 14.0. The first kappa shape index (κ1) is 14.1. The Kier molecular flexibility index (Phi) is 3.99. The van der Waals surface area contributed by atoms with Gasteiger partial charge in [-0.15, -0.1) is 0 Å². The van der Waals surface area contributed by atoms with E-state index >= 15 is 0 Å². The lowest BCUT2D eigenvalue weighted by Crippen LogP contribution is -2.34. The molecule has 0 radical (unpaired) electrons. The number of benzene rings is 2. The van der Waals surface area contributed by atoms with Gasteiger partial charge in [-0.25, -0.2) is 13.1 Å². The van der Waals surface area contributed by atoms with Crippen LogP contribution in [-0.4, -0.2) is 19.2 Å². The summed E-state index contributed by atoms with van der Waals surface area (Å²) in [6.07, 6.45) is 0. The number of nitrogens with one attached hydrogen (secondary N) is 1. The molecule has 1 N–H and O–H groups in total. The molecule has 0 atom stereocenters. The number of fused-ring (bicyclic) bond motifs is 1. The summed E-state index contributed by atoms with van der Waals surface area (Å²) in [4.78, 5) is 9.79. The fourth-order valence-corrected chi connectivity index (χ4v) is 2.84. The van der Waals surface area contributed by atoms with Gasteiger partial charge in [-0.05, 0) is 22.9 Å². The van der Waals surface area contributed by atoms with Crippen molar-refractivity contribution >= 4 is 49.9 Å². The number of hydrogen-bond donors (Lipinski definition) is 1. The molecule has 0 unspecified atom stereocenters. The van der Waals surface area contributed by atoms with Crippen molar-refractivity contribution in [2.24, 2.45) is 0 Å². The zero-order valence-corrected chi connectivity index (χ0v) is 11.8. The molecule has 2 aromatic rings. The summed E-state index contributed by atoms with van der Waals surface area (Å²) >= 11 is 10.6. The molecular formula is C12H9Cl2NO3S. The lowest BCUT2D eigenvalue weighted by Gasteiger charge is -2.08. The first-order valence-electron chi connectivity index (χ1n) is 5.24. The number of hydrogen-bond acceptors (Lipinski definition) is 3. The monoisotopic (exact) mass is 317 g/mol. The van der Waals surface area contributed by atoms with E-state index in [1.165, 1.54) is 12.1 Å². The molecule has 0 bridgehead atoms. The average molecular weight is 318 g/mol. The molecule has 0 aromatic heterocycles. The van der Waals surface area contributed by atoms with Crippen LogP contribution in [0.4, 0.5) is 0 Å². The number of alkyl halides is 2. The summed E-state index contributed by atoms with van der Waals surface area (Å²) in [5.74, 6) is -0.975. The highest BCUT2D eigenvalue weighted by molar-refractivity contribution is 7.90. The Morgan fingerprint density at radius 3 is 2.32 bits per heavy atom. The lowest BCUT2D eigenvalue weighted by atomic mass is 10.1. The topological polar surface area (TPSA) is 63.2 Å². The summed E-state index contributed by atoms with van der Waals surface area (Å²) < 4.78 is 25.7. The van der Waals surface area contributed by atoms with E-state index in [1.54, 1.807) is 22.9 Å². The lowest BCUT2D eigenvalue weighted by molar-refractivity contribution is -0.117. The standard InChI is InChI=1S/C12H9Cl2NO3S/c13-11(14)12(16)15-19(17,18)10-6-5-8-3-1-2-4-9(8)7-10/h1-7,11H,(H,15,16). The predicted octanol–water partition coefficient (Wildman–Crippen LogP) is 2.45. The molecule has 2 rings (SSSR count). The smallest absolute Gasteiger partial charge is 0.266 e. The Hall–Kier alpha value is -1.30. The molecule has 0 aliphatic rings. The highest BCUT2D eigenvalue weighted by Gasteiger charge is 2.21. The van der Waals surface area contributed by atoms with Crippen LogP contribution in [0.25, 0.3) is 10.8 Å². The highest BCUT2D eigenvalue weighted by Crippen LogP contribution is 2.19. The number of rotatable bonds is 3. The van der Waals surface area contributed by atoms with Crippen LogP contribution in [0.15, 0.2) is 47.4 Å². The molecule has 1 amide bonds. The Morgan fingerprint density at radius 1 is 1.05 bits per heavy atom. The Balaban J connectivity index is 2.40. The molecule has 19 heavy (non-hydrogen) atoms. The van der Waals surface area contributed by atoms with Crippen LogP contribution in [0.3, 0.4) is 0 Å². The fraction of sp³-hybridized carbons (Fsp3) is 0.0833. The highest BCUT2D eigenvalue weighted by atomic mass is 35.5. The summed E-state index contributed by atoms with van der Waals surface area (Å²) in [7, 11) is -3.96. The van der Waals surface area contributed by atoms with Crippen LogP contribution in [0.5, 0.6) is 0 Å². The molecule has 0 aliphatic heterocycles. The van der Waals surface area contributed by atoms with E-state index in [1.807, 2.05) is 12.1 Å². The van der Waals surface area contributed by atoms with Gasteiger partial charge in [0.25, 0.3) is 15.9 Å². The fourth-order valence-electron chi connectivity index (χ4n) is 1.57. The third-order valence-corrected chi connectivity index (χ3v) is 4.21. The van der Waals surface area contributed by atoms with Crippen molar-refractivity contribution in [3.05, 3.63) is 42.5 Å². The van der Waals surface area contributed by atoms with Crippen molar-refractivity contribution in [1.82, 2.24) is 4.72 Å². The van der Waals surface area contributed by atoms with Gasteiger partial charge >= 0.3 is 0 Å². The van der Waals surface area contributed by atoms with Crippen LogP contribution >= 0.6 is 23.2 Å². The Bertz CT molecular complexity index is 729. The maximum Gasteiger partial charge on any atom is 0.266 e. The Morgan fingerprint density at radius 2 is 1.68 bits per heavy atom. The minimum Gasteiger partial charge on any atom is -0.271 e. The van der Waals surface area contributed by atoms with Gasteiger partial charge in [0.15, 0.2) is 4.84 Å². The van der Waals surface area contributed by atoms with E-state index < -0.39 is 20.8 Å². The number of carbonyl (C=O) groups excluding carboxylic acids is 1. The second-order valence-electron chi connectivity index (χ2n) is 3.78. The van der Waals surface area contributed by atoms with Crippen molar-refractivity contribution in [1.29, 1.82) is 0 Å². The summed E-state index contributed by atoms with van der Waals surface area (Å²) in [6.45, 7) is 0. The minimum absolute atomic E-state index is 0.0199. The van der Waals surface area contributed by atoms with Gasteiger partial charge < -0.3 is 0 Å². The molecule has 2 aromatic carbocycles. The molecule has 0 heterocycles. The normalized spacial score (nSPS) is 11.7.